The number of nitro benzene ring substituents is 1. The van der Waals surface area contributed by atoms with E-state index in [0.29, 0.717) is 16.8 Å². The van der Waals surface area contributed by atoms with Gasteiger partial charge in [0.25, 0.3) is 5.69 Å². The van der Waals surface area contributed by atoms with Crippen molar-refractivity contribution in [1.82, 2.24) is 0 Å². The first-order valence-corrected chi connectivity index (χ1v) is 7.52. The normalized spacial score (nSPS) is 10.4. The third kappa shape index (κ3) is 3.69. The smallest absolute Gasteiger partial charge is 0.339 e. The van der Waals surface area contributed by atoms with Crippen LogP contribution in [0, 0.1) is 21.3 Å². The summed E-state index contributed by atoms with van der Waals surface area (Å²) in [5, 5.41) is 20.1. The van der Waals surface area contributed by atoms with E-state index in [2.05, 4.69) is 0 Å². The number of carbonyl (C=O) groups excluding carboxylic acids is 1. The highest BCUT2D eigenvalue weighted by Crippen LogP contribution is 2.32. The molecule has 0 fully saturated rings. The van der Waals surface area contributed by atoms with E-state index >= 15 is 0 Å². The van der Waals surface area contributed by atoms with Crippen LogP contribution >= 0.6 is 0 Å². The number of rotatable bonds is 6. The molecular weight excluding hydrogens is 329 g/mol. The lowest BCUT2D eigenvalue weighted by atomic mass is 9.96. The van der Waals surface area contributed by atoms with Crippen molar-refractivity contribution in [1.29, 1.82) is 5.41 Å². The van der Waals surface area contributed by atoms with Gasteiger partial charge in [0.05, 0.1) is 35.8 Å². The zero-order valence-electron chi connectivity index (χ0n) is 13.7. The van der Waals surface area contributed by atoms with Crippen LogP contribution in [0.25, 0.3) is 11.1 Å². The number of hydrogen-bond acceptors (Lipinski definition) is 5. The maximum absolute atomic E-state index is 14.6. The van der Waals surface area contributed by atoms with Gasteiger partial charge >= 0.3 is 5.97 Å². The van der Waals surface area contributed by atoms with Gasteiger partial charge in [-0.05, 0) is 18.6 Å². The van der Waals surface area contributed by atoms with Gasteiger partial charge in [-0.3, -0.25) is 10.1 Å². The number of ether oxygens (including phenoxy) is 1. The average Bonchev–Trinajstić information content (AvgIpc) is 2.60. The summed E-state index contributed by atoms with van der Waals surface area (Å²) < 4.78 is 19.5. The molecule has 0 saturated carbocycles. The minimum atomic E-state index is -0.887. The van der Waals surface area contributed by atoms with E-state index < -0.39 is 22.4 Å². The number of quaternary nitrogens is 1. The second-order valence-electron chi connectivity index (χ2n) is 5.10. The van der Waals surface area contributed by atoms with Gasteiger partial charge in [-0.1, -0.05) is 6.07 Å². The minimum absolute atomic E-state index is 0.0588. The Balaban J connectivity index is 2.73. The van der Waals surface area contributed by atoms with Crippen molar-refractivity contribution in [3.63, 3.8) is 0 Å². The van der Waals surface area contributed by atoms with Crippen LogP contribution in [-0.2, 0) is 4.74 Å². The standard InChI is InChI=1S/C17H16FN3O4/c1-3-25-17(22)13-7-12(21(23)24)8-14(18)16(13)10-4-5-11(9-19)15(6-10)20-2/h4-9,19-20H,3H2,1-2H3/p+1. The predicted molar refractivity (Wildman–Crippen MR) is 89.8 cm³/mol. The summed E-state index contributed by atoms with van der Waals surface area (Å²) in [5.74, 6) is -1.72. The van der Waals surface area contributed by atoms with Crippen LogP contribution < -0.4 is 5.32 Å². The molecule has 0 spiro atoms. The van der Waals surface area contributed by atoms with Crippen LogP contribution in [0.2, 0.25) is 0 Å². The minimum Gasteiger partial charge on any atom is -0.462 e. The Labute approximate surface area is 143 Å². The Hall–Kier alpha value is -3.13. The Morgan fingerprint density at radius 2 is 2.12 bits per heavy atom. The molecule has 130 valence electrons. The number of carbonyl (C=O) groups is 1. The Morgan fingerprint density at radius 3 is 2.68 bits per heavy atom. The molecule has 0 aliphatic carbocycles. The van der Waals surface area contributed by atoms with E-state index in [0.717, 1.165) is 18.3 Å². The molecular formula is C17H17FN3O4+. The summed E-state index contributed by atoms with van der Waals surface area (Å²) in [5.41, 5.74) is 0.880. The molecule has 0 amide bonds. The molecule has 8 heteroatoms. The Bertz CT molecular complexity index is 852. The predicted octanol–water partition coefficient (Wildman–Crippen LogP) is 2.40. The lowest BCUT2D eigenvalue weighted by molar-refractivity contribution is -0.539. The van der Waals surface area contributed by atoms with Crippen LogP contribution in [0.3, 0.4) is 0 Å². The molecule has 3 N–H and O–H groups in total. The van der Waals surface area contributed by atoms with Crippen LogP contribution in [-0.4, -0.2) is 30.8 Å². The second-order valence-corrected chi connectivity index (χ2v) is 5.10. The van der Waals surface area contributed by atoms with Gasteiger partial charge in [0.1, 0.15) is 11.5 Å². The van der Waals surface area contributed by atoms with Gasteiger partial charge in [0.15, 0.2) is 0 Å². The van der Waals surface area contributed by atoms with Crippen molar-refractivity contribution in [3.8, 4) is 11.1 Å². The molecule has 0 unspecified atom stereocenters. The fourth-order valence-corrected chi connectivity index (χ4v) is 2.47. The zero-order valence-corrected chi connectivity index (χ0v) is 13.7. The number of halogens is 1. The van der Waals surface area contributed by atoms with Crippen molar-refractivity contribution >= 4 is 23.6 Å². The highest BCUT2D eigenvalue weighted by molar-refractivity contribution is 5.99. The van der Waals surface area contributed by atoms with E-state index in [1.807, 2.05) is 0 Å². The first-order valence-electron chi connectivity index (χ1n) is 7.52. The van der Waals surface area contributed by atoms with Gasteiger partial charge in [-0.25, -0.2) is 9.18 Å². The summed E-state index contributed by atoms with van der Waals surface area (Å²) >= 11 is 0. The first-order chi connectivity index (χ1) is 11.9. The number of hydrogen-bond donors (Lipinski definition) is 2. The Morgan fingerprint density at radius 1 is 1.40 bits per heavy atom. The van der Waals surface area contributed by atoms with Crippen molar-refractivity contribution in [2.45, 2.75) is 6.92 Å². The summed E-state index contributed by atoms with van der Waals surface area (Å²) in [6.45, 7) is 1.65. The highest BCUT2D eigenvalue weighted by Gasteiger charge is 2.24. The molecule has 0 aliphatic heterocycles. The SMILES string of the molecule is CCOC(=O)c1cc([N+](=O)[O-])cc(F)c1-c1ccc(C=N)c([NH2+]C)c1. The van der Waals surface area contributed by atoms with Crippen molar-refractivity contribution in [2.24, 2.45) is 0 Å². The van der Waals surface area contributed by atoms with E-state index in [1.165, 1.54) is 0 Å². The number of esters is 1. The van der Waals surface area contributed by atoms with Crippen molar-refractivity contribution in [3.05, 3.63) is 57.4 Å². The van der Waals surface area contributed by atoms with Crippen LogP contribution in [0.1, 0.15) is 22.8 Å². The molecule has 0 radical (unpaired) electrons. The van der Waals surface area contributed by atoms with Crippen molar-refractivity contribution in [2.75, 3.05) is 13.7 Å². The summed E-state index contributed by atoms with van der Waals surface area (Å²) in [6.07, 6.45) is 1.16. The topological polar surface area (TPSA) is 110 Å². The van der Waals surface area contributed by atoms with Gasteiger partial charge in [-0.2, -0.15) is 0 Å². The van der Waals surface area contributed by atoms with Crippen molar-refractivity contribution < 1.29 is 24.2 Å². The van der Waals surface area contributed by atoms with Crippen LogP contribution in [0.4, 0.5) is 15.8 Å². The molecule has 0 aromatic heterocycles. The molecule has 0 saturated heterocycles. The second kappa shape index (κ2) is 7.63. The number of nitrogens with one attached hydrogen (secondary N) is 1. The van der Waals surface area contributed by atoms with Gasteiger partial charge in [0.2, 0.25) is 0 Å². The number of non-ortho nitro benzene ring substituents is 1. The third-order valence-corrected chi connectivity index (χ3v) is 3.62. The number of nitrogens with zero attached hydrogens (tertiary/aromatic N) is 1. The molecule has 7 nitrogen and oxygen atoms in total. The lowest BCUT2D eigenvalue weighted by Crippen LogP contribution is -2.73. The van der Waals surface area contributed by atoms with Gasteiger partial charge in [0, 0.05) is 23.9 Å². The number of nitrogens with two attached hydrogens (primary N) is 1. The van der Waals surface area contributed by atoms with E-state index in [-0.39, 0.29) is 17.7 Å². The monoisotopic (exact) mass is 346 g/mol. The molecule has 0 heterocycles. The molecule has 0 aliphatic rings. The average molecular weight is 346 g/mol. The summed E-state index contributed by atoms with van der Waals surface area (Å²) in [4.78, 5) is 22.4. The van der Waals surface area contributed by atoms with E-state index in [4.69, 9.17) is 10.1 Å². The fourth-order valence-electron chi connectivity index (χ4n) is 2.47. The maximum atomic E-state index is 14.6. The Kier molecular flexibility index (Phi) is 5.56. The molecule has 2 aromatic carbocycles. The molecule has 25 heavy (non-hydrogen) atoms. The molecule has 2 aromatic rings. The summed E-state index contributed by atoms with van der Waals surface area (Å²) in [6, 6.07) is 6.58. The number of nitro groups is 1. The molecule has 0 atom stereocenters. The quantitative estimate of drug-likeness (QED) is 0.275. The van der Waals surface area contributed by atoms with E-state index in [1.54, 1.807) is 37.5 Å². The molecule has 0 bridgehead atoms. The van der Waals surface area contributed by atoms with Crippen LogP contribution in [0.5, 0.6) is 0 Å². The maximum Gasteiger partial charge on any atom is 0.339 e. The summed E-state index contributed by atoms with van der Waals surface area (Å²) in [7, 11) is 1.77. The van der Waals surface area contributed by atoms with Crippen LogP contribution in [0.15, 0.2) is 30.3 Å². The van der Waals surface area contributed by atoms with Gasteiger partial charge < -0.3 is 15.5 Å². The van der Waals surface area contributed by atoms with Gasteiger partial charge in [-0.15, -0.1) is 0 Å². The molecule has 2 rings (SSSR count). The fraction of sp³-hybridized carbons (Fsp3) is 0.176. The highest BCUT2D eigenvalue weighted by atomic mass is 19.1. The van der Waals surface area contributed by atoms with E-state index in [9.17, 15) is 19.3 Å². The largest absolute Gasteiger partial charge is 0.462 e. The first kappa shape index (κ1) is 18.2. The number of benzene rings is 2. The third-order valence-electron chi connectivity index (χ3n) is 3.62. The zero-order chi connectivity index (χ0) is 18.6. The lowest BCUT2D eigenvalue weighted by Gasteiger charge is -2.12.